The van der Waals surface area contributed by atoms with Crippen LogP contribution in [0.5, 0.6) is 5.75 Å². The predicted molar refractivity (Wildman–Crippen MR) is 120 cm³/mol. The number of amides is 1. The van der Waals surface area contributed by atoms with Crippen molar-refractivity contribution >= 4 is 11.6 Å². The van der Waals surface area contributed by atoms with Crippen LogP contribution in [-0.2, 0) is 19.8 Å². The summed E-state index contributed by atoms with van der Waals surface area (Å²) in [6, 6.07) is 11.3. The smallest absolute Gasteiger partial charge is 0.416 e. The first-order chi connectivity index (χ1) is 16.1. The third-order valence-electron chi connectivity index (χ3n) is 5.22. The monoisotopic (exact) mass is 469 g/mol. The van der Waals surface area contributed by atoms with Gasteiger partial charge in [-0.15, -0.1) is 0 Å². The summed E-state index contributed by atoms with van der Waals surface area (Å²) < 4.78 is 49.0. The lowest BCUT2D eigenvalue weighted by Gasteiger charge is -2.16. The standard InChI is InChI=1S/C24H22F3N5O2/c1-15-12-16(2)32(30-15)21-9-6-18(24(25,26)27)13-20(21)29-23(33)17-4-7-19(8-5-17)34-14-22-28-10-11-31(22)3/h4-13H,14H2,1-3H3,(H,29,33). The third kappa shape index (κ3) is 4.95. The average Bonchev–Trinajstić information content (AvgIpc) is 3.35. The van der Waals surface area contributed by atoms with Crippen molar-refractivity contribution in [2.24, 2.45) is 7.05 Å². The molecule has 0 aliphatic carbocycles. The number of nitrogens with zero attached hydrogens (tertiary/aromatic N) is 4. The van der Waals surface area contributed by atoms with E-state index >= 15 is 0 Å². The summed E-state index contributed by atoms with van der Waals surface area (Å²) in [6.45, 7) is 3.82. The van der Waals surface area contributed by atoms with E-state index in [4.69, 9.17) is 4.74 Å². The SMILES string of the molecule is Cc1cc(C)n(-c2ccc(C(F)(F)F)cc2NC(=O)c2ccc(OCc3nccn3C)cc2)n1. The predicted octanol–water partition coefficient (Wildman–Crippen LogP) is 5.07. The molecule has 2 aromatic heterocycles. The lowest BCUT2D eigenvalue weighted by atomic mass is 10.1. The second-order valence-corrected chi connectivity index (χ2v) is 7.79. The summed E-state index contributed by atoms with van der Waals surface area (Å²) in [5.41, 5.74) is 1.16. The number of benzene rings is 2. The molecule has 0 aliphatic rings. The number of nitrogens with one attached hydrogen (secondary N) is 1. The number of carbonyl (C=O) groups is 1. The van der Waals surface area contributed by atoms with Crippen LogP contribution in [0.3, 0.4) is 0 Å². The van der Waals surface area contributed by atoms with Crippen molar-refractivity contribution in [3.8, 4) is 11.4 Å². The number of alkyl halides is 3. The van der Waals surface area contributed by atoms with Crippen LogP contribution in [0.15, 0.2) is 60.9 Å². The number of halogens is 3. The number of rotatable bonds is 6. The second-order valence-electron chi connectivity index (χ2n) is 7.79. The highest BCUT2D eigenvalue weighted by Crippen LogP contribution is 2.34. The Hall–Kier alpha value is -4.08. The number of carbonyl (C=O) groups excluding carboxylic acids is 1. The van der Waals surface area contributed by atoms with E-state index in [0.717, 1.165) is 23.7 Å². The minimum Gasteiger partial charge on any atom is -0.486 e. The van der Waals surface area contributed by atoms with E-state index < -0.39 is 17.6 Å². The number of imidazole rings is 1. The number of ether oxygens (including phenoxy) is 1. The Kier molecular flexibility index (Phi) is 6.14. The first-order valence-electron chi connectivity index (χ1n) is 10.4. The quantitative estimate of drug-likeness (QED) is 0.428. The van der Waals surface area contributed by atoms with Crippen LogP contribution >= 0.6 is 0 Å². The van der Waals surface area contributed by atoms with Crippen molar-refractivity contribution in [2.45, 2.75) is 26.6 Å². The van der Waals surface area contributed by atoms with Crippen LogP contribution in [0.2, 0.25) is 0 Å². The highest BCUT2D eigenvalue weighted by Gasteiger charge is 2.31. The van der Waals surface area contributed by atoms with E-state index in [1.54, 1.807) is 56.6 Å². The van der Waals surface area contributed by atoms with Crippen LogP contribution in [0.25, 0.3) is 5.69 Å². The van der Waals surface area contributed by atoms with Crippen LogP contribution in [0, 0.1) is 13.8 Å². The molecular formula is C24H22F3N5O2. The molecule has 1 N–H and O–H groups in total. The number of aryl methyl sites for hydroxylation is 3. The molecule has 2 heterocycles. The summed E-state index contributed by atoms with van der Waals surface area (Å²) >= 11 is 0. The molecule has 0 aliphatic heterocycles. The maximum absolute atomic E-state index is 13.3. The fourth-order valence-corrected chi connectivity index (χ4v) is 3.45. The third-order valence-corrected chi connectivity index (χ3v) is 5.22. The van der Waals surface area contributed by atoms with Crippen molar-refractivity contribution in [3.63, 3.8) is 0 Å². The Morgan fingerprint density at radius 2 is 1.82 bits per heavy atom. The van der Waals surface area contributed by atoms with Gasteiger partial charge in [-0.1, -0.05) is 0 Å². The number of hydrogen-bond donors (Lipinski definition) is 1. The molecule has 1 amide bonds. The van der Waals surface area contributed by atoms with Gasteiger partial charge in [0.1, 0.15) is 18.2 Å². The van der Waals surface area contributed by atoms with Crippen molar-refractivity contribution in [1.29, 1.82) is 0 Å². The Labute approximate surface area is 193 Å². The molecule has 34 heavy (non-hydrogen) atoms. The number of hydrogen-bond acceptors (Lipinski definition) is 4. The topological polar surface area (TPSA) is 74.0 Å². The molecule has 0 bridgehead atoms. The molecular weight excluding hydrogens is 447 g/mol. The van der Waals surface area contributed by atoms with Gasteiger partial charge < -0.3 is 14.6 Å². The van der Waals surface area contributed by atoms with Gasteiger partial charge in [0, 0.05) is 30.7 Å². The zero-order valence-corrected chi connectivity index (χ0v) is 18.7. The van der Waals surface area contributed by atoms with E-state index in [-0.39, 0.29) is 17.9 Å². The molecule has 10 heteroatoms. The maximum Gasteiger partial charge on any atom is 0.416 e. The van der Waals surface area contributed by atoms with Crippen molar-refractivity contribution in [1.82, 2.24) is 19.3 Å². The fraction of sp³-hybridized carbons (Fsp3) is 0.208. The minimum atomic E-state index is -4.56. The van der Waals surface area contributed by atoms with Crippen molar-refractivity contribution in [3.05, 3.63) is 89.3 Å². The first-order valence-corrected chi connectivity index (χ1v) is 10.4. The van der Waals surface area contributed by atoms with Crippen molar-refractivity contribution in [2.75, 3.05) is 5.32 Å². The number of anilines is 1. The zero-order chi connectivity index (χ0) is 24.5. The van der Waals surface area contributed by atoms with Gasteiger partial charge in [-0.05, 0) is 62.4 Å². The van der Waals surface area contributed by atoms with Gasteiger partial charge in [-0.3, -0.25) is 4.79 Å². The van der Waals surface area contributed by atoms with Crippen LogP contribution in [0.1, 0.15) is 33.1 Å². The Bertz CT molecular complexity index is 1320. The molecule has 0 atom stereocenters. The molecule has 7 nitrogen and oxygen atoms in total. The molecule has 0 unspecified atom stereocenters. The van der Waals surface area contributed by atoms with Crippen LogP contribution in [0.4, 0.5) is 18.9 Å². The summed E-state index contributed by atoms with van der Waals surface area (Å²) in [5.74, 6) is 0.711. The largest absolute Gasteiger partial charge is 0.486 e. The van der Waals surface area contributed by atoms with E-state index in [1.165, 1.54) is 10.7 Å². The first kappa shape index (κ1) is 23.1. The van der Waals surface area contributed by atoms with Crippen LogP contribution < -0.4 is 10.1 Å². The van der Waals surface area contributed by atoms with Gasteiger partial charge in [-0.25, -0.2) is 9.67 Å². The highest BCUT2D eigenvalue weighted by molar-refractivity contribution is 6.05. The van der Waals surface area contributed by atoms with Gasteiger partial charge in [-0.2, -0.15) is 18.3 Å². The molecule has 2 aromatic carbocycles. The van der Waals surface area contributed by atoms with Gasteiger partial charge in [0.25, 0.3) is 5.91 Å². The van der Waals surface area contributed by atoms with Gasteiger partial charge in [0.05, 0.1) is 22.6 Å². The normalized spacial score (nSPS) is 11.5. The van der Waals surface area contributed by atoms with Gasteiger partial charge in [0.15, 0.2) is 0 Å². The molecule has 0 radical (unpaired) electrons. The Balaban J connectivity index is 1.56. The second kappa shape index (κ2) is 9.05. The van der Waals surface area contributed by atoms with E-state index in [2.05, 4.69) is 15.4 Å². The Morgan fingerprint density at radius 1 is 1.09 bits per heavy atom. The zero-order valence-electron chi connectivity index (χ0n) is 18.7. The van der Waals surface area contributed by atoms with E-state index in [9.17, 15) is 18.0 Å². The molecule has 4 aromatic rings. The highest BCUT2D eigenvalue weighted by atomic mass is 19.4. The fourth-order valence-electron chi connectivity index (χ4n) is 3.45. The van der Waals surface area contributed by atoms with E-state index in [0.29, 0.717) is 17.1 Å². The van der Waals surface area contributed by atoms with Crippen LogP contribution in [-0.4, -0.2) is 25.2 Å². The Morgan fingerprint density at radius 3 is 2.41 bits per heavy atom. The summed E-state index contributed by atoms with van der Waals surface area (Å²) in [5, 5.41) is 6.93. The molecule has 0 fully saturated rings. The molecule has 0 saturated carbocycles. The summed E-state index contributed by atoms with van der Waals surface area (Å²) in [4.78, 5) is 17.0. The number of aromatic nitrogens is 4. The molecule has 0 saturated heterocycles. The lowest BCUT2D eigenvalue weighted by molar-refractivity contribution is -0.137. The van der Waals surface area contributed by atoms with Gasteiger partial charge in [0.2, 0.25) is 0 Å². The van der Waals surface area contributed by atoms with E-state index in [1.807, 2.05) is 11.6 Å². The minimum absolute atomic E-state index is 0.00105. The molecule has 176 valence electrons. The van der Waals surface area contributed by atoms with Crippen molar-refractivity contribution < 1.29 is 22.7 Å². The summed E-state index contributed by atoms with van der Waals surface area (Å²) in [6.07, 6.45) is -1.08. The average molecular weight is 469 g/mol. The molecule has 4 rings (SSSR count). The van der Waals surface area contributed by atoms with Gasteiger partial charge >= 0.3 is 6.18 Å². The summed E-state index contributed by atoms with van der Waals surface area (Å²) in [7, 11) is 1.85. The maximum atomic E-state index is 13.3. The molecule has 0 spiro atoms. The lowest BCUT2D eigenvalue weighted by Crippen LogP contribution is -2.16.